The SMILES string of the molecule is COc1ccc(Br)cc1/C=N/NC(=O)/C(=C/c1cccs1)NC(=O)c1ccccc1Cl. The van der Waals surface area contributed by atoms with Crippen LogP contribution in [0.15, 0.2) is 75.2 Å². The molecule has 0 aliphatic rings. The molecule has 0 aliphatic heterocycles. The van der Waals surface area contributed by atoms with E-state index in [0.29, 0.717) is 11.3 Å². The minimum atomic E-state index is -0.584. The van der Waals surface area contributed by atoms with Crippen molar-refractivity contribution in [2.45, 2.75) is 0 Å². The first-order valence-corrected chi connectivity index (χ1v) is 11.0. The Balaban J connectivity index is 1.80. The molecule has 0 spiro atoms. The zero-order chi connectivity index (χ0) is 22.2. The average Bonchev–Trinajstić information content (AvgIpc) is 3.27. The van der Waals surface area contributed by atoms with Gasteiger partial charge >= 0.3 is 0 Å². The molecule has 2 amide bonds. The van der Waals surface area contributed by atoms with Gasteiger partial charge in [0.2, 0.25) is 0 Å². The topological polar surface area (TPSA) is 79.8 Å². The number of methoxy groups -OCH3 is 1. The maximum atomic E-state index is 12.8. The first-order valence-electron chi connectivity index (χ1n) is 8.96. The molecule has 0 saturated heterocycles. The van der Waals surface area contributed by atoms with E-state index in [0.717, 1.165) is 9.35 Å². The van der Waals surface area contributed by atoms with Crippen LogP contribution >= 0.6 is 38.9 Å². The summed E-state index contributed by atoms with van der Waals surface area (Å²) in [7, 11) is 1.55. The largest absolute Gasteiger partial charge is 0.496 e. The molecular formula is C22H17BrClN3O3S. The number of carbonyl (C=O) groups excluding carboxylic acids is 2. The number of halogens is 2. The lowest BCUT2D eigenvalue weighted by molar-refractivity contribution is -0.117. The summed E-state index contributed by atoms with van der Waals surface area (Å²) >= 11 is 10.9. The number of rotatable bonds is 7. The second-order valence-electron chi connectivity index (χ2n) is 6.09. The fourth-order valence-electron chi connectivity index (χ4n) is 2.54. The van der Waals surface area contributed by atoms with Gasteiger partial charge in [0.1, 0.15) is 11.4 Å². The Morgan fingerprint density at radius 2 is 1.97 bits per heavy atom. The van der Waals surface area contributed by atoms with Crippen LogP contribution in [-0.2, 0) is 4.79 Å². The molecule has 0 atom stereocenters. The van der Waals surface area contributed by atoms with Gasteiger partial charge in [0.05, 0.1) is 23.9 Å². The molecule has 0 unspecified atom stereocenters. The van der Waals surface area contributed by atoms with E-state index in [1.54, 1.807) is 49.6 Å². The van der Waals surface area contributed by atoms with Crippen LogP contribution in [0.5, 0.6) is 5.75 Å². The molecule has 1 aromatic heterocycles. The molecule has 0 saturated carbocycles. The third-order valence-electron chi connectivity index (χ3n) is 4.00. The van der Waals surface area contributed by atoms with Crippen LogP contribution in [0.4, 0.5) is 0 Å². The van der Waals surface area contributed by atoms with Crippen molar-refractivity contribution >= 4 is 63.0 Å². The molecule has 3 rings (SSSR count). The summed E-state index contributed by atoms with van der Waals surface area (Å²) in [5.74, 6) is -0.484. The summed E-state index contributed by atoms with van der Waals surface area (Å²) in [5.41, 5.74) is 3.40. The van der Waals surface area contributed by atoms with E-state index in [4.69, 9.17) is 16.3 Å². The van der Waals surface area contributed by atoms with Gasteiger partial charge in [0, 0.05) is 14.9 Å². The minimum Gasteiger partial charge on any atom is -0.496 e. The number of hydrogen-bond acceptors (Lipinski definition) is 5. The van der Waals surface area contributed by atoms with Gasteiger partial charge in [0.15, 0.2) is 0 Å². The molecule has 1 heterocycles. The van der Waals surface area contributed by atoms with Gasteiger partial charge in [-0.15, -0.1) is 11.3 Å². The van der Waals surface area contributed by atoms with Crippen LogP contribution < -0.4 is 15.5 Å². The first-order chi connectivity index (χ1) is 15.0. The summed E-state index contributed by atoms with van der Waals surface area (Å²) in [4.78, 5) is 26.2. The second-order valence-corrected chi connectivity index (χ2v) is 8.39. The number of nitrogens with one attached hydrogen (secondary N) is 2. The van der Waals surface area contributed by atoms with Crippen LogP contribution in [0, 0.1) is 0 Å². The van der Waals surface area contributed by atoms with Gasteiger partial charge in [0.25, 0.3) is 11.8 Å². The Morgan fingerprint density at radius 3 is 2.68 bits per heavy atom. The Morgan fingerprint density at radius 1 is 1.16 bits per heavy atom. The number of hydrazone groups is 1. The number of ether oxygens (including phenoxy) is 1. The standard InChI is InChI=1S/C22H17BrClN3O3S/c1-30-20-9-8-15(23)11-14(20)13-25-27-22(29)19(12-16-5-4-10-31-16)26-21(28)17-6-2-3-7-18(17)24/h2-13H,1H3,(H,26,28)(H,27,29)/b19-12-,25-13+. The Kier molecular flexibility index (Phi) is 8.00. The van der Waals surface area contributed by atoms with Crippen molar-refractivity contribution in [1.82, 2.24) is 10.7 Å². The fourth-order valence-corrected chi connectivity index (χ4v) is 3.79. The number of thiophene rings is 1. The van der Waals surface area contributed by atoms with E-state index in [-0.39, 0.29) is 16.3 Å². The highest BCUT2D eigenvalue weighted by Crippen LogP contribution is 2.21. The minimum absolute atomic E-state index is 0.0331. The van der Waals surface area contributed by atoms with Crippen molar-refractivity contribution in [3.63, 3.8) is 0 Å². The highest BCUT2D eigenvalue weighted by molar-refractivity contribution is 9.10. The lowest BCUT2D eigenvalue weighted by atomic mass is 10.2. The maximum absolute atomic E-state index is 12.8. The number of nitrogens with zero attached hydrogens (tertiary/aromatic N) is 1. The highest BCUT2D eigenvalue weighted by Gasteiger charge is 2.16. The summed E-state index contributed by atoms with van der Waals surface area (Å²) in [6.07, 6.45) is 3.03. The van der Waals surface area contributed by atoms with Crippen LogP contribution in [0.2, 0.25) is 5.02 Å². The monoisotopic (exact) mass is 517 g/mol. The first kappa shape index (κ1) is 22.7. The Hall–Kier alpha value is -2.94. The molecule has 2 N–H and O–H groups in total. The van der Waals surface area contributed by atoms with E-state index >= 15 is 0 Å². The van der Waals surface area contributed by atoms with Crippen LogP contribution in [0.1, 0.15) is 20.8 Å². The van der Waals surface area contributed by atoms with Gasteiger partial charge < -0.3 is 10.1 Å². The molecule has 0 aliphatic carbocycles. The number of carbonyl (C=O) groups is 2. The Labute approximate surface area is 196 Å². The number of hydrogen-bond donors (Lipinski definition) is 2. The molecule has 9 heteroatoms. The van der Waals surface area contributed by atoms with E-state index in [2.05, 4.69) is 31.8 Å². The smallest absolute Gasteiger partial charge is 0.287 e. The van der Waals surface area contributed by atoms with Crippen molar-refractivity contribution in [1.29, 1.82) is 0 Å². The van der Waals surface area contributed by atoms with Gasteiger partial charge in [-0.2, -0.15) is 5.10 Å². The molecule has 6 nitrogen and oxygen atoms in total. The van der Waals surface area contributed by atoms with Crippen molar-refractivity contribution in [2.24, 2.45) is 5.10 Å². The van der Waals surface area contributed by atoms with E-state index in [1.807, 2.05) is 23.6 Å². The van der Waals surface area contributed by atoms with Crippen LogP contribution in [0.3, 0.4) is 0 Å². The normalized spacial score (nSPS) is 11.4. The van der Waals surface area contributed by atoms with Gasteiger partial charge in [-0.1, -0.05) is 45.7 Å². The van der Waals surface area contributed by atoms with Crippen molar-refractivity contribution in [2.75, 3.05) is 7.11 Å². The molecule has 0 radical (unpaired) electrons. The highest BCUT2D eigenvalue weighted by atomic mass is 79.9. The predicted molar refractivity (Wildman–Crippen MR) is 128 cm³/mol. The quantitative estimate of drug-likeness (QED) is 0.260. The molecule has 3 aromatic rings. The predicted octanol–water partition coefficient (Wildman–Crippen LogP) is 5.09. The van der Waals surface area contributed by atoms with Gasteiger partial charge in [-0.3, -0.25) is 9.59 Å². The molecule has 0 bridgehead atoms. The lowest BCUT2D eigenvalue weighted by Crippen LogP contribution is -2.33. The van der Waals surface area contributed by atoms with Crippen LogP contribution in [0.25, 0.3) is 6.08 Å². The summed E-state index contributed by atoms with van der Waals surface area (Å²) in [6, 6.07) is 15.7. The third-order valence-corrected chi connectivity index (χ3v) is 5.64. The zero-order valence-electron chi connectivity index (χ0n) is 16.3. The lowest BCUT2D eigenvalue weighted by Gasteiger charge is -2.10. The fraction of sp³-hybridized carbons (Fsp3) is 0.0455. The van der Waals surface area contributed by atoms with Gasteiger partial charge in [-0.25, -0.2) is 5.43 Å². The van der Waals surface area contributed by atoms with E-state index in [1.165, 1.54) is 17.6 Å². The summed E-state index contributed by atoms with van der Waals surface area (Å²) < 4.78 is 6.12. The molecular weight excluding hydrogens is 502 g/mol. The third kappa shape index (κ3) is 6.27. The van der Waals surface area contributed by atoms with Crippen molar-refractivity contribution in [3.8, 4) is 5.75 Å². The number of amides is 2. The van der Waals surface area contributed by atoms with Crippen molar-refractivity contribution < 1.29 is 14.3 Å². The summed E-state index contributed by atoms with van der Waals surface area (Å²) in [6.45, 7) is 0. The molecule has 158 valence electrons. The summed E-state index contributed by atoms with van der Waals surface area (Å²) in [5, 5.41) is 8.78. The molecule has 31 heavy (non-hydrogen) atoms. The van der Waals surface area contributed by atoms with Crippen molar-refractivity contribution in [3.05, 3.63) is 91.2 Å². The molecule has 0 fully saturated rings. The zero-order valence-corrected chi connectivity index (χ0v) is 19.4. The van der Waals surface area contributed by atoms with Crippen LogP contribution in [-0.4, -0.2) is 25.1 Å². The molecule has 2 aromatic carbocycles. The van der Waals surface area contributed by atoms with E-state index < -0.39 is 11.8 Å². The maximum Gasteiger partial charge on any atom is 0.287 e. The van der Waals surface area contributed by atoms with E-state index in [9.17, 15) is 9.59 Å². The number of benzene rings is 2. The second kappa shape index (κ2) is 10.9. The van der Waals surface area contributed by atoms with Gasteiger partial charge in [-0.05, 0) is 47.9 Å². The average molecular weight is 519 g/mol. The Bertz CT molecular complexity index is 1150.